The minimum absolute atomic E-state index is 0.520. The first kappa shape index (κ1) is 9.24. The highest BCUT2D eigenvalue weighted by Crippen LogP contribution is 2.19. The molecule has 0 unspecified atom stereocenters. The van der Waals surface area contributed by atoms with E-state index in [4.69, 9.17) is 16.9 Å². The zero-order valence-electron chi connectivity index (χ0n) is 7.94. The van der Waals surface area contributed by atoms with E-state index in [0.717, 1.165) is 16.5 Å². The van der Waals surface area contributed by atoms with Crippen LogP contribution in [-0.2, 0) is 0 Å². The normalized spacial score (nSPS) is 9.87. The molecule has 0 saturated carbocycles. The summed E-state index contributed by atoms with van der Waals surface area (Å²) in [5.74, 6) is 10.9. The van der Waals surface area contributed by atoms with Crippen LogP contribution in [0.2, 0.25) is 0 Å². The van der Waals surface area contributed by atoms with Crippen molar-refractivity contribution < 1.29 is 4.68 Å². The number of nitrogens with one attached hydrogen (secondary N) is 1. The molecule has 0 spiro atoms. The van der Waals surface area contributed by atoms with Gasteiger partial charge in [-0.1, -0.05) is 4.68 Å². The molecular formula is C10H10N5+. The lowest BCUT2D eigenvalue weighted by Crippen LogP contribution is -2.43. The second-order valence-electron chi connectivity index (χ2n) is 3.18. The highest BCUT2D eigenvalue weighted by atomic mass is 15.3. The number of hydrogen-bond acceptors (Lipinski definition) is 4. The van der Waals surface area contributed by atoms with Crippen LogP contribution in [0.4, 0.5) is 5.69 Å². The first-order valence-electron chi connectivity index (χ1n) is 4.35. The molecule has 0 aliphatic rings. The highest BCUT2D eigenvalue weighted by molar-refractivity contribution is 5.88. The van der Waals surface area contributed by atoms with Crippen molar-refractivity contribution in [2.75, 3.05) is 11.3 Å². The smallest absolute Gasteiger partial charge is 0.217 e. The standard InChI is InChI=1S/C10H9N5/c11-4-8-6-15(13)5-7-1-2-9(14-12)3-10(7)8/h1-3,5-6H,12-13H2/p+1. The Labute approximate surface area is 86.5 Å². The molecule has 2 rings (SSSR count). The monoisotopic (exact) mass is 200 g/mol. The van der Waals surface area contributed by atoms with Crippen LogP contribution in [0.5, 0.6) is 0 Å². The van der Waals surface area contributed by atoms with E-state index >= 15 is 0 Å². The van der Waals surface area contributed by atoms with Crippen LogP contribution < -0.4 is 21.8 Å². The summed E-state index contributed by atoms with van der Waals surface area (Å²) < 4.78 is 1.37. The maximum atomic E-state index is 8.95. The zero-order valence-corrected chi connectivity index (χ0v) is 7.94. The molecule has 0 aliphatic heterocycles. The molecule has 0 fully saturated rings. The molecule has 15 heavy (non-hydrogen) atoms. The predicted octanol–water partition coefficient (Wildman–Crippen LogP) is -0.00162. The van der Waals surface area contributed by atoms with Crippen molar-refractivity contribution >= 4 is 16.5 Å². The molecule has 0 saturated heterocycles. The van der Waals surface area contributed by atoms with Crippen molar-refractivity contribution in [3.8, 4) is 6.07 Å². The topological polar surface area (TPSA) is 91.7 Å². The van der Waals surface area contributed by atoms with Crippen molar-refractivity contribution in [2.45, 2.75) is 0 Å². The van der Waals surface area contributed by atoms with E-state index in [2.05, 4.69) is 11.5 Å². The van der Waals surface area contributed by atoms with Gasteiger partial charge in [-0.2, -0.15) is 5.26 Å². The number of nitriles is 1. The number of rotatable bonds is 1. The summed E-state index contributed by atoms with van der Waals surface area (Å²) in [6.45, 7) is 0. The molecule has 5 N–H and O–H groups in total. The molecule has 1 heterocycles. The Morgan fingerprint density at radius 3 is 2.80 bits per heavy atom. The molecule has 74 valence electrons. The number of hydrazine groups is 1. The van der Waals surface area contributed by atoms with Crippen molar-refractivity contribution in [3.63, 3.8) is 0 Å². The van der Waals surface area contributed by atoms with Crippen LogP contribution in [0.15, 0.2) is 30.6 Å². The Balaban J connectivity index is 2.81. The average molecular weight is 200 g/mol. The lowest BCUT2D eigenvalue weighted by molar-refractivity contribution is -0.637. The van der Waals surface area contributed by atoms with Gasteiger partial charge in [0, 0.05) is 11.1 Å². The van der Waals surface area contributed by atoms with Crippen molar-refractivity contribution in [3.05, 3.63) is 36.2 Å². The maximum Gasteiger partial charge on any atom is 0.217 e. The van der Waals surface area contributed by atoms with Gasteiger partial charge in [0.1, 0.15) is 11.6 Å². The van der Waals surface area contributed by atoms with Gasteiger partial charge in [-0.05, 0) is 18.2 Å². The van der Waals surface area contributed by atoms with Crippen LogP contribution in [0.3, 0.4) is 0 Å². The Morgan fingerprint density at radius 2 is 2.13 bits per heavy atom. The van der Waals surface area contributed by atoms with Crippen LogP contribution in [0, 0.1) is 11.3 Å². The molecule has 0 radical (unpaired) electrons. The Kier molecular flexibility index (Phi) is 2.12. The van der Waals surface area contributed by atoms with Crippen LogP contribution in [0.1, 0.15) is 5.56 Å². The van der Waals surface area contributed by atoms with E-state index in [-0.39, 0.29) is 0 Å². The molecule has 5 nitrogen and oxygen atoms in total. The molecule has 0 atom stereocenters. The van der Waals surface area contributed by atoms with E-state index in [1.54, 1.807) is 12.4 Å². The van der Waals surface area contributed by atoms with Crippen molar-refractivity contribution in [2.24, 2.45) is 5.84 Å². The first-order valence-corrected chi connectivity index (χ1v) is 4.35. The van der Waals surface area contributed by atoms with Gasteiger partial charge in [0.2, 0.25) is 12.4 Å². The van der Waals surface area contributed by atoms with E-state index in [1.807, 2.05) is 18.2 Å². The minimum Gasteiger partial charge on any atom is -0.324 e. The first-order chi connectivity index (χ1) is 7.24. The fourth-order valence-electron chi connectivity index (χ4n) is 1.50. The number of nitrogens with zero attached hydrogens (tertiary/aromatic N) is 2. The van der Waals surface area contributed by atoms with Gasteiger partial charge in [-0.3, -0.25) is 5.84 Å². The molecule has 0 aliphatic carbocycles. The summed E-state index contributed by atoms with van der Waals surface area (Å²) >= 11 is 0. The lowest BCUT2D eigenvalue weighted by Gasteiger charge is -2.02. The summed E-state index contributed by atoms with van der Waals surface area (Å²) in [5, 5.41) is 10.7. The molecule has 0 amide bonds. The Morgan fingerprint density at radius 1 is 1.33 bits per heavy atom. The minimum atomic E-state index is 0.520. The summed E-state index contributed by atoms with van der Waals surface area (Å²) in [6.07, 6.45) is 3.32. The number of anilines is 1. The number of pyridine rings is 1. The molecule has 5 heteroatoms. The van der Waals surface area contributed by atoms with Gasteiger partial charge >= 0.3 is 0 Å². The number of aromatic nitrogens is 1. The van der Waals surface area contributed by atoms with E-state index in [1.165, 1.54) is 4.68 Å². The third-order valence-corrected chi connectivity index (χ3v) is 2.20. The van der Waals surface area contributed by atoms with Crippen LogP contribution in [-0.4, -0.2) is 0 Å². The summed E-state index contributed by atoms with van der Waals surface area (Å²) in [4.78, 5) is 0. The van der Waals surface area contributed by atoms with Gasteiger partial charge < -0.3 is 5.43 Å². The third kappa shape index (κ3) is 1.54. The third-order valence-electron chi connectivity index (χ3n) is 2.20. The Bertz CT molecular complexity index is 555. The number of nitrogen functional groups attached to an aromatic ring is 2. The second-order valence-corrected chi connectivity index (χ2v) is 3.18. The van der Waals surface area contributed by atoms with E-state index in [9.17, 15) is 0 Å². The van der Waals surface area contributed by atoms with E-state index in [0.29, 0.717) is 5.56 Å². The van der Waals surface area contributed by atoms with Gasteiger partial charge in [0.15, 0.2) is 0 Å². The van der Waals surface area contributed by atoms with E-state index < -0.39 is 0 Å². The fraction of sp³-hybridized carbons (Fsp3) is 0. The predicted molar refractivity (Wildman–Crippen MR) is 56.8 cm³/mol. The lowest BCUT2D eigenvalue weighted by atomic mass is 10.1. The quantitative estimate of drug-likeness (QED) is 0.343. The summed E-state index contributed by atoms with van der Waals surface area (Å²) in [7, 11) is 0. The van der Waals surface area contributed by atoms with Crippen LogP contribution >= 0.6 is 0 Å². The SMILES string of the molecule is N#Cc1c[n+](N)cc2ccc(NN)cc12. The number of benzene rings is 1. The zero-order chi connectivity index (χ0) is 10.8. The number of nitrogens with two attached hydrogens (primary N) is 2. The summed E-state index contributed by atoms with van der Waals surface area (Å²) in [5.41, 5.74) is 3.82. The highest BCUT2D eigenvalue weighted by Gasteiger charge is 2.08. The summed E-state index contributed by atoms with van der Waals surface area (Å²) in [6, 6.07) is 7.58. The molecule has 2 aromatic rings. The van der Waals surface area contributed by atoms with Gasteiger partial charge in [0.05, 0.1) is 5.39 Å². The molecular weight excluding hydrogens is 190 g/mol. The number of hydrogen-bond donors (Lipinski definition) is 3. The largest absolute Gasteiger partial charge is 0.324 e. The van der Waals surface area contributed by atoms with Gasteiger partial charge in [-0.25, -0.2) is 5.84 Å². The number of fused-ring (bicyclic) bond motifs is 1. The molecule has 0 bridgehead atoms. The van der Waals surface area contributed by atoms with Gasteiger partial charge in [-0.15, -0.1) is 0 Å². The molecule has 1 aromatic carbocycles. The molecule has 1 aromatic heterocycles. The fourth-order valence-corrected chi connectivity index (χ4v) is 1.50. The van der Waals surface area contributed by atoms with Crippen molar-refractivity contribution in [1.82, 2.24) is 0 Å². The van der Waals surface area contributed by atoms with Crippen molar-refractivity contribution in [1.29, 1.82) is 5.26 Å². The maximum absolute atomic E-state index is 8.95. The second kappa shape index (κ2) is 3.44. The average Bonchev–Trinajstić information content (AvgIpc) is 2.27. The Hall–Kier alpha value is -2.32. The van der Waals surface area contributed by atoms with Crippen LogP contribution in [0.25, 0.3) is 10.8 Å². The van der Waals surface area contributed by atoms with Gasteiger partial charge in [0.25, 0.3) is 0 Å².